The summed E-state index contributed by atoms with van der Waals surface area (Å²) in [5.74, 6) is -0.323. The van der Waals surface area contributed by atoms with Gasteiger partial charge in [0.1, 0.15) is 0 Å². The largest absolute Gasteiger partial charge is 0.383 e. The van der Waals surface area contributed by atoms with Gasteiger partial charge in [0.25, 0.3) is 5.91 Å². The third-order valence-electron chi connectivity index (χ3n) is 2.95. The molecule has 0 unspecified atom stereocenters. The van der Waals surface area contributed by atoms with Crippen LogP contribution in [0.25, 0.3) is 5.69 Å². The number of nitrogens with one attached hydrogen (secondary N) is 3. The number of hydrazine groups is 1. The average Bonchev–Trinajstić information content (AvgIpc) is 3.03. The predicted octanol–water partition coefficient (Wildman–Crippen LogP) is 1.02. The summed E-state index contributed by atoms with van der Waals surface area (Å²) in [4.78, 5) is 12.1. The number of carbonyl (C=O) groups excluding carboxylic acids is 1. The number of amides is 1. The topological polar surface area (TPSA) is 80.2 Å². The maximum Gasteiger partial charge on any atom is 0.272 e. The molecule has 0 aliphatic rings. The second-order valence-electron chi connectivity index (χ2n) is 4.92. The number of nitrogens with zero attached hydrogens (tertiary/aromatic N) is 2. The highest BCUT2D eigenvalue weighted by atomic mass is 32.1. The summed E-state index contributed by atoms with van der Waals surface area (Å²) in [6.07, 6.45) is 3.14. The summed E-state index contributed by atoms with van der Waals surface area (Å²) in [6, 6.07) is 9.58. The number of thiocarbonyl (C=S) groups is 1. The molecule has 0 aliphatic carbocycles. The lowest BCUT2D eigenvalue weighted by atomic mass is 10.3. The van der Waals surface area contributed by atoms with Crippen LogP contribution in [-0.2, 0) is 4.74 Å². The number of methoxy groups -OCH3 is 1. The average molecular weight is 333 g/mol. The Morgan fingerprint density at radius 1 is 1.35 bits per heavy atom. The zero-order chi connectivity index (χ0) is 16.7. The summed E-state index contributed by atoms with van der Waals surface area (Å²) in [5, 5.41) is 7.47. The van der Waals surface area contributed by atoms with E-state index in [4.69, 9.17) is 17.0 Å². The molecule has 1 aromatic carbocycles. The summed E-state index contributed by atoms with van der Waals surface area (Å²) >= 11 is 5.08. The Morgan fingerprint density at radius 3 is 2.78 bits per heavy atom. The van der Waals surface area contributed by atoms with Crippen LogP contribution in [0.1, 0.15) is 17.3 Å². The fraction of sp³-hybridized carbons (Fsp3) is 0.267. The monoisotopic (exact) mass is 333 g/mol. The van der Waals surface area contributed by atoms with Crippen molar-refractivity contribution >= 4 is 23.2 Å². The van der Waals surface area contributed by atoms with Crippen LogP contribution in [0.2, 0.25) is 0 Å². The van der Waals surface area contributed by atoms with Gasteiger partial charge in [0.15, 0.2) is 5.11 Å². The van der Waals surface area contributed by atoms with E-state index in [-0.39, 0.29) is 11.9 Å². The predicted molar refractivity (Wildman–Crippen MR) is 91.2 cm³/mol. The standard InChI is InChI=1S/C15H19N5O2S/c1-11(10-22-2)17-15(23)19-18-14(21)12-8-16-20(9-12)13-6-4-3-5-7-13/h3-9,11H,10H2,1-2H3,(H,18,21)(H2,17,19,23)/t11-/m1/s1. The van der Waals surface area contributed by atoms with Crippen molar-refractivity contribution in [1.82, 2.24) is 25.9 Å². The first-order valence-corrected chi connectivity index (χ1v) is 7.47. The van der Waals surface area contributed by atoms with Crippen molar-refractivity contribution in [2.75, 3.05) is 13.7 Å². The summed E-state index contributed by atoms with van der Waals surface area (Å²) in [6.45, 7) is 2.43. The van der Waals surface area contributed by atoms with Crippen LogP contribution >= 0.6 is 12.2 Å². The molecule has 0 spiro atoms. The SMILES string of the molecule is COC[C@@H](C)NC(=S)NNC(=O)c1cnn(-c2ccccc2)c1. The first-order chi connectivity index (χ1) is 11.1. The van der Waals surface area contributed by atoms with E-state index in [1.807, 2.05) is 37.3 Å². The van der Waals surface area contributed by atoms with Crippen molar-refractivity contribution in [2.24, 2.45) is 0 Å². The number of hydrogen-bond acceptors (Lipinski definition) is 4. The second-order valence-corrected chi connectivity index (χ2v) is 5.33. The minimum absolute atomic E-state index is 0.0396. The van der Waals surface area contributed by atoms with Crippen molar-refractivity contribution in [1.29, 1.82) is 0 Å². The van der Waals surface area contributed by atoms with E-state index in [0.29, 0.717) is 17.3 Å². The Hall–Kier alpha value is -2.45. The van der Waals surface area contributed by atoms with Crippen molar-refractivity contribution in [3.63, 3.8) is 0 Å². The van der Waals surface area contributed by atoms with Gasteiger partial charge in [-0.25, -0.2) is 4.68 Å². The highest BCUT2D eigenvalue weighted by Gasteiger charge is 2.10. The van der Waals surface area contributed by atoms with E-state index in [1.165, 1.54) is 6.20 Å². The van der Waals surface area contributed by atoms with Gasteiger partial charge in [0.05, 0.1) is 24.1 Å². The molecule has 2 rings (SSSR count). The van der Waals surface area contributed by atoms with E-state index in [9.17, 15) is 4.79 Å². The van der Waals surface area contributed by atoms with Crippen molar-refractivity contribution in [3.05, 3.63) is 48.3 Å². The quantitative estimate of drug-likeness (QED) is 0.560. The molecule has 122 valence electrons. The van der Waals surface area contributed by atoms with Crippen LogP contribution in [0.5, 0.6) is 0 Å². The summed E-state index contributed by atoms with van der Waals surface area (Å²) in [7, 11) is 1.61. The first kappa shape index (κ1) is 16.9. The van der Waals surface area contributed by atoms with Crippen LogP contribution in [0.3, 0.4) is 0 Å². The zero-order valence-corrected chi connectivity index (χ0v) is 13.8. The molecule has 0 saturated heterocycles. The maximum absolute atomic E-state index is 12.1. The molecule has 1 atom stereocenters. The lowest BCUT2D eigenvalue weighted by Gasteiger charge is -2.16. The number of carbonyl (C=O) groups is 1. The van der Waals surface area contributed by atoms with Crippen molar-refractivity contribution in [2.45, 2.75) is 13.0 Å². The molecule has 0 fully saturated rings. The number of para-hydroxylation sites is 1. The van der Waals surface area contributed by atoms with Crippen LogP contribution in [0.4, 0.5) is 0 Å². The number of ether oxygens (including phenoxy) is 1. The molecule has 8 heteroatoms. The van der Waals surface area contributed by atoms with Gasteiger partial charge in [-0.3, -0.25) is 15.6 Å². The molecular weight excluding hydrogens is 314 g/mol. The van der Waals surface area contributed by atoms with Gasteiger partial charge in [-0.2, -0.15) is 5.10 Å². The molecule has 3 N–H and O–H groups in total. The van der Waals surface area contributed by atoms with Gasteiger partial charge in [-0.05, 0) is 31.3 Å². The van der Waals surface area contributed by atoms with Gasteiger partial charge < -0.3 is 10.1 Å². The van der Waals surface area contributed by atoms with Crippen LogP contribution < -0.4 is 16.2 Å². The lowest BCUT2D eigenvalue weighted by molar-refractivity contribution is 0.0943. The molecule has 1 aromatic heterocycles. The normalized spacial score (nSPS) is 11.6. The minimum Gasteiger partial charge on any atom is -0.383 e. The Labute approximate surface area is 140 Å². The molecule has 2 aromatic rings. The van der Waals surface area contributed by atoms with Crippen molar-refractivity contribution in [3.8, 4) is 5.69 Å². The molecule has 1 amide bonds. The van der Waals surface area contributed by atoms with Crippen molar-refractivity contribution < 1.29 is 9.53 Å². The van der Waals surface area contributed by atoms with E-state index in [1.54, 1.807) is 18.0 Å². The molecule has 0 aliphatic heterocycles. The highest BCUT2D eigenvalue weighted by Crippen LogP contribution is 2.07. The number of hydrogen-bond donors (Lipinski definition) is 3. The van der Waals surface area contributed by atoms with E-state index >= 15 is 0 Å². The summed E-state index contributed by atoms with van der Waals surface area (Å²) < 4.78 is 6.63. The molecule has 7 nitrogen and oxygen atoms in total. The molecule has 0 saturated carbocycles. The Kier molecular flexibility index (Phi) is 6.07. The lowest BCUT2D eigenvalue weighted by Crippen LogP contribution is -2.49. The fourth-order valence-electron chi connectivity index (χ4n) is 1.90. The Balaban J connectivity index is 1.87. The van der Waals surface area contributed by atoms with E-state index in [0.717, 1.165) is 5.69 Å². The van der Waals surface area contributed by atoms with Gasteiger partial charge >= 0.3 is 0 Å². The Bertz CT molecular complexity index is 659. The van der Waals surface area contributed by atoms with E-state index < -0.39 is 0 Å². The molecule has 1 heterocycles. The maximum atomic E-state index is 12.1. The van der Waals surface area contributed by atoms with Gasteiger partial charge in [-0.1, -0.05) is 18.2 Å². The number of benzene rings is 1. The van der Waals surface area contributed by atoms with Gasteiger partial charge in [0, 0.05) is 19.3 Å². The van der Waals surface area contributed by atoms with Crippen LogP contribution in [0, 0.1) is 0 Å². The molecule has 0 radical (unpaired) electrons. The van der Waals surface area contributed by atoms with E-state index in [2.05, 4.69) is 21.3 Å². The Morgan fingerprint density at radius 2 is 2.09 bits per heavy atom. The number of rotatable bonds is 5. The van der Waals surface area contributed by atoms with Gasteiger partial charge in [-0.15, -0.1) is 0 Å². The third kappa shape index (κ3) is 5.04. The highest BCUT2D eigenvalue weighted by molar-refractivity contribution is 7.80. The van der Waals surface area contributed by atoms with Gasteiger partial charge in [0.2, 0.25) is 0 Å². The second kappa shape index (κ2) is 8.25. The summed E-state index contributed by atoms with van der Waals surface area (Å²) in [5.41, 5.74) is 6.48. The third-order valence-corrected chi connectivity index (χ3v) is 3.17. The molecular formula is C15H19N5O2S. The molecule has 0 bridgehead atoms. The number of aromatic nitrogens is 2. The smallest absolute Gasteiger partial charge is 0.272 e. The fourth-order valence-corrected chi connectivity index (χ4v) is 2.15. The van der Waals surface area contributed by atoms with Crippen LogP contribution in [0.15, 0.2) is 42.7 Å². The molecule has 23 heavy (non-hydrogen) atoms. The zero-order valence-electron chi connectivity index (χ0n) is 12.9. The minimum atomic E-state index is -0.323. The first-order valence-electron chi connectivity index (χ1n) is 7.06. The van der Waals surface area contributed by atoms with Crippen LogP contribution in [-0.4, -0.2) is 40.6 Å².